The van der Waals surface area contributed by atoms with Crippen LogP contribution in [-0.4, -0.2) is 50.9 Å². The number of aliphatic hydroxyl groups is 2. The Morgan fingerprint density at radius 3 is 2.54 bits per heavy atom. The molecule has 0 radical (unpaired) electrons. The molecule has 13 heteroatoms. The van der Waals surface area contributed by atoms with Crippen LogP contribution in [-0.2, 0) is 16.1 Å². The fraction of sp³-hybridized carbons (Fsp3) is 0.308. The van der Waals surface area contributed by atoms with Gasteiger partial charge in [-0.3, -0.25) is 15.4 Å². The number of fused-ring (bicyclic) bond motifs is 1. The molecule has 0 aromatic carbocycles. The highest BCUT2D eigenvalue weighted by Crippen LogP contribution is 2.28. The molecule has 0 saturated heterocycles. The van der Waals surface area contributed by atoms with Crippen LogP contribution in [0.3, 0.4) is 0 Å². The summed E-state index contributed by atoms with van der Waals surface area (Å²) in [5, 5.41) is 50.9. The van der Waals surface area contributed by atoms with Crippen LogP contribution in [0.4, 0.5) is 11.0 Å². The Labute approximate surface area is 148 Å². The van der Waals surface area contributed by atoms with Gasteiger partial charge in [0.15, 0.2) is 17.6 Å². The van der Waals surface area contributed by atoms with E-state index in [1.54, 1.807) is 17.4 Å². The summed E-state index contributed by atoms with van der Waals surface area (Å²) in [5.41, 5.74) is 0.887. The molecule has 2 atom stereocenters. The molecule has 3 rings (SSSR count). The first-order chi connectivity index (χ1) is 12.2. The van der Waals surface area contributed by atoms with E-state index < -0.39 is 29.1 Å². The Bertz CT molecular complexity index is 813. The van der Waals surface area contributed by atoms with Crippen LogP contribution in [0.25, 0.3) is 11.5 Å². The number of rotatable bonds is 5. The second-order valence-corrected chi connectivity index (χ2v) is 5.80. The van der Waals surface area contributed by atoms with E-state index >= 15 is 0 Å². The normalized spacial score (nSPS) is 14.4. The molecule has 0 amide bonds. The van der Waals surface area contributed by atoms with Crippen molar-refractivity contribution in [1.82, 2.24) is 0 Å². The first-order valence-electron chi connectivity index (χ1n) is 7.02. The summed E-state index contributed by atoms with van der Waals surface area (Å²) in [6, 6.07) is 3.01. The number of thiazole rings is 1. The van der Waals surface area contributed by atoms with E-state index in [0.717, 1.165) is 23.9 Å². The monoisotopic (exact) mass is 387 g/mol. The van der Waals surface area contributed by atoms with Crippen LogP contribution in [0.2, 0.25) is 0 Å². The summed E-state index contributed by atoms with van der Waals surface area (Å²) in [6.07, 6.45) is -4.71. The maximum atomic E-state index is 10.5. The van der Waals surface area contributed by atoms with Crippen molar-refractivity contribution in [1.29, 1.82) is 0 Å². The topological polar surface area (TPSA) is 190 Å². The van der Waals surface area contributed by atoms with Crippen molar-refractivity contribution in [3.05, 3.63) is 27.6 Å². The minimum absolute atomic E-state index is 0.221. The first kappa shape index (κ1) is 19.3. The maximum Gasteiger partial charge on any atom is 0.433 e. The highest BCUT2D eigenvalue weighted by Gasteiger charge is 2.27. The molecule has 2 aromatic heterocycles. The second kappa shape index (κ2) is 7.90. The second-order valence-electron chi connectivity index (χ2n) is 4.95. The van der Waals surface area contributed by atoms with Crippen molar-refractivity contribution in [3.63, 3.8) is 0 Å². The van der Waals surface area contributed by atoms with Gasteiger partial charge in [0.1, 0.15) is 24.1 Å². The van der Waals surface area contributed by atoms with Gasteiger partial charge in [0, 0.05) is 5.38 Å². The number of aromatic nitrogens is 1. The molecule has 3 heterocycles. The lowest BCUT2D eigenvalue weighted by atomic mass is 10.2. The third-order valence-corrected chi connectivity index (χ3v) is 4.18. The van der Waals surface area contributed by atoms with Gasteiger partial charge in [-0.05, 0) is 6.07 Å². The molecule has 0 spiro atoms. The van der Waals surface area contributed by atoms with Crippen LogP contribution in [0.15, 0.2) is 21.9 Å². The average molecular weight is 387 g/mol. The predicted octanol–water partition coefficient (Wildman–Crippen LogP) is -1.83. The van der Waals surface area contributed by atoms with Gasteiger partial charge in [-0.1, -0.05) is 11.3 Å². The third-order valence-electron chi connectivity index (χ3n) is 3.25. The smallest absolute Gasteiger partial charge is 0.433 e. The molecule has 1 aliphatic rings. The van der Waals surface area contributed by atoms with E-state index in [9.17, 15) is 24.8 Å². The number of carbonyl (C=O) groups excluding carboxylic acids is 1. The number of aliphatic hydroxyl groups excluding tert-OH is 2. The molecule has 12 nitrogen and oxygen atoms in total. The highest BCUT2D eigenvalue weighted by atomic mass is 32.1. The quantitative estimate of drug-likeness (QED) is 0.258. The summed E-state index contributed by atoms with van der Waals surface area (Å²) >= 11 is 1.57. The van der Waals surface area contributed by atoms with Crippen LogP contribution >= 0.6 is 11.3 Å². The molecule has 0 bridgehead atoms. The van der Waals surface area contributed by atoms with Crippen LogP contribution in [0, 0.1) is 10.1 Å². The molecule has 0 fully saturated rings. The van der Waals surface area contributed by atoms with E-state index in [-0.39, 0.29) is 5.88 Å². The fourth-order valence-corrected chi connectivity index (χ4v) is 2.97. The van der Waals surface area contributed by atoms with Gasteiger partial charge < -0.3 is 29.6 Å². The summed E-state index contributed by atoms with van der Waals surface area (Å²) in [4.78, 5) is 29.4. The van der Waals surface area contributed by atoms with Crippen LogP contribution in [0.1, 0.15) is 0 Å². The molecule has 4 N–H and O–H groups in total. The van der Waals surface area contributed by atoms with Crippen molar-refractivity contribution < 1.29 is 43.9 Å². The lowest BCUT2D eigenvalue weighted by Crippen LogP contribution is -2.46. The van der Waals surface area contributed by atoms with Crippen molar-refractivity contribution in [2.24, 2.45) is 0 Å². The van der Waals surface area contributed by atoms with E-state index in [1.807, 2.05) is 5.38 Å². The minimum atomic E-state index is -2.38. The lowest BCUT2D eigenvalue weighted by molar-refractivity contribution is -0.656. The summed E-state index contributed by atoms with van der Waals surface area (Å²) in [5.74, 6) is -3.51. The predicted molar refractivity (Wildman–Crippen MR) is 82.0 cm³/mol. The van der Waals surface area contributed by atoms with Gasteiger partial charge in [-0.25, -0.2) is 9.36 Å². The van der Waals surface area contributed by atoms with Crippen molar-refractivity contribution >= 4 is 34.3 Å². The molecular formula is C13H13N3O9S. The summed E-state index contributed by atoms with van der Waals surface area (Å²) in [6.45, 7) is 1.76. The van der Waals surface area contributed by atoms with Crippen LogP contribution in [0.5, 0.6) is 0 Å². The molecule has 0 unspecified atom stereocenters. The number of anilines is 1. The third kappa shape index (κ3) is 4.14. The fourth-order valence-electron chi connectivity index (χ4n) is 2.00. The van der Waals surface area contributed by atoms with Gasteiger partial charge in [0.2, 0.25) is 0 Å². The average Bonchev–Trinajstić information content (AvgIpc) is 3.29. The van der Waals surface area contributed by atoms with Gasteiger partial charge in [0.05, 0.1) is 12.0 Å². The number of nitro groups is 1. The zero-order valence-electron chi connectivity index (χ0n) is 12.9. The van der Waals surface area contributed by atoms with Crippen molar-refractivity contribution in [2.75, 3.05) is 11.9 Å². The molecule has 140 valence electrons. The van der Waals surface area contributed by atoms with E-state index in [0.29, 0.717) is 5.76 Å². The number of aliphatic carboxylic acids is 2. The van der Waals surface area contributed by atoms with Gasteiger partial charge >= 0.3 is 17.0 Å². The number of carbonyl (C=O) groups is 2. The zero-order valence-corrected chi connectivity index (χ0v) is 13.7. The number of furan rings is 1. The number of nitrogens with zero attached hydrogens (tertiary/aromatic N) is 2. The summed E-state index contributed by atoms with van der Waals surface area (Å²) in [7, 11) is 0. The lowest BCUT2D eigenvalue weighted by Gasteiger charge is -2.13. The first-order valence-corrected chi connectivity index (χ1v) is 7.90. The maximum absolute atomic E-state index is 10.5. The molecule has 0 aliphatic carbocycles. The van der Waals surface area contributed by atoms with E-state index in [1.165, 1.54) is 6.07 Å². The Hall–Kier alpha value is -3.03. The molecule has 26 heavy (non-hydrogen) atoms. The largest absolute Gasteiger partial charge is 0.547 e. The minimum Gasteiger partial charge on any atom is -0.547 e. The molecule has 2 aromatic rings. The van der Waals surface area contributed by atoms with Gasteiger partial charge in [-0.2, -0.15) is 0 Å². The number of hydrogen-bond donors (Lipinski definition) is 4. The van der Waals surface area contributed by atoms with Gasteiger partial charge in [0.25, 0.3) is 0 Å². The Balaban J connectivity index is 0.000000213. The number of carboxylic acids is 2. The standard InChI is InChI=1S/C9H7N3O3S.C4H6O6/c13-12(14)8-2-1-7(15-8)6-5-16-9-10-3-4-11(6)9;5-1(3(7)8)2(6)4(9)10/h1-2,5H,3-4H2;1-2,5-6H,(H,7,8)(H,9,10)/t;1-,2+. The molecule has 1 aliphatic heterocycles. The summed E-state index contributed by atoms with van der Waals surface area (Å²) < 4.78 is 7.24. The Morgan fingerprint density at radius 2 is 2.04 bits per heavy atom. The molecule has 0 saturated carbocycles. The molecular weight excluding hydrogens is 374 g/mol. The van der Waals surface area contributed by atoms with E-state index in [4.69, 9.17) is 19.7 Å². The van der Waals surface area contributed by atoms with Gasteiger partial charge in [-0.15, -0.1) is 0 Å². The SMILES string of the molecule is O=C(O)[C@@H](O)[C@@H](O)C(=O)[O-].O=[N+]([O-])c1ccc(-c2csc3[n+]2CCN3)o1. The zero-order chi connectivity index (χ0) is 19.4. The Morgan fingerprint density at radius 1 is 1.35 bits per heavy atom. The van der Waals surface area contributed by atoms with Crippen LogP contribution < -0.4 is 15.0 Å². The number of carboxylic acid groups (broad SMARTS) is 2. The number of nitrogens with one attached hydrogen (secondary N) is 1. The van der Waals surface area contributed by atoms with E-state index in [2.05, 4.69) is 9.88 Å². The van der Waals surface area contributed by atoms with Crippen molar-refractivity contribution in [2.45, 2.75) is 18.8 Å². The number of hydrogen-bond acceptors (Lipinski definition) is 10. The highest BCUT2D eigenvalue weighted by molar-refractivity contribution is 7.13. The Kier molecular flexibility index (Phi) is 5.86. The van der Waals surface area contributed by atoms with Crippen molar-refractivity contribution in [3.8, 4) is 11.5 Å².